The maximum atomic E-state index is 4.63. The first-order valence-corrected chi connectivity index (χ1v) is 7.77. The number of hydrogen-bond donors (Lipinski definition) is 1. The van der Waals surface area contributed by atoms with E-state index in [9.17, 15) is 0 Å². The smallest absolute Gasteiger partial charge is 0.0901 e. The highest BCUT2D eigenvalue weighted by molar-refractivity contribution is 7.11. The van der Waals surface area contributed by atoms with E-state index in [4.69, 9.17) is 0 Å². The third-order valence-electron chi connectivity index (χ3n) is 3.83. The topological polar surface area (TPSA) is 24.9 Å². The number of benzene rings is 1. The molecule has 1 unspecified atom stereocenters. The number of fused-ring (bicyclic) bond motifs is 1. The molecule has 0 saturated carbocycles. The summed E-state index contributed by atoms with van der Waals surface area (Å²) in [5, 5.41) is 4.73. The first kappa shape index (κ1) is 12.7. The number of thiazole rings is 1. The van der Waals surface area contributed by atoms with Crippen molar-refractivity contribution >= 4 is 17.0 Å². The van der Waals surface area contributed by atoms with Gasteiger partial charge in [0.05, 0.1) is 16.7 Å². The molecule has 100 valence electrons. The molecule has 1 aromatic carbocycles. The fourth-order valence-corrected chi connectivity index (χ4v) is 3.84. The molecule has 0 bridgehead atoms. The van der Waals surface area contributed by atoms with Crippen LogP contribution in [0, 0.1) is 13.8 Å². The molecule has 0 radical (unpaired) electrons. The molecule has 0 spiro atoms. The van der Waals surface area contributed by atoms with Gasteiger partial charge in [-0.2, -0.15) is 0 Å². The summed E-state index contributed by atoms with van der Waals surface area (Å²) >= 11 is 1.78. The molecule has 1 aliphatic rings. The number of hydrogen-bond acceptors (Lipinski definition) is 3. The van der Waals surface area contributed by atoms with Crippen LogP contribution in [0.3, 0.4) is 0 Å². The normalized spacial score (nSPS) is 15.3. The number of aryl methyl sites for hydroxylation is 4. The zero-order valence-electron chi connectivity index (χ0n) is 11.8. The molecular formula is C16H20N2S. The highest BCUT2D eigenvalue weighted by Crippen LogP contribution is 2.29. The van der Waals surface area contributed by atoms with E-state index < -0.39 is 0 Å². The summed E-state index contributed by atoms with van der Waals surface area (Å²) in [6.45, 7) is 6.42. The van der Waals surface area contributed by atoms with Gasteiger partial charge >= 0.3 is 0 Å². The third kappa shape index (κ3) is 2.52. The van der Waals surface area contributed by atoms with Crippen molar-refractivity contribution in [3.63, 3.8) is 0 Å². The Labute approximate surface area is 118 Å². The fraction of sp³-hybridized carbons (Fsp3) is 0.438. The lowest BCUT2D eigenvalue weighted by atomic mass is 10.1. The number of anilines is 1. The van der Waals surface area contributed by atoms with Gasteiger partial charge in [0.15, 0.2) is 0 Å². The molecule has 1 atom stereocenters. The van der Waals surface area contributed by atoms with Crippen LogP contribution in [0.2, 0.25) is 0 Å². The minimum atomic E-state index is 0.268. The lowest BCUT2D eigenvalue weighted by Gasteiger charge is -2.15. The van der Waals surface area contributed by atoms with Gasteiger partial charge in [-0.05, 0) is 63.3 Å². The maximum Gasteiger partial charge on any atom is 0.0901 e. The minimum Gasteiger partial charge on any atom is -0.377 e. The lowest BCUT2D eigenvalue weighted by Crippen LogP contribution is -2.08. The van der Waals surface area contributed by atoms with Gasteiger partial charge in [0.2, 0.25) is 0 Å². The summed E-state index contributed by atoms with van der Waals surface area (Å²) in [7, 11) is 0. The highest BCUT2D eigenvalue weighted by Gasteiger charge is 2.15. The van der Waals surface area contributed by atoms with Crippen molar-refractivity contribution in [2.45, 2.75) is 46.1 Å². The Morgan fingerprint density at radius 1 is 1.21 bits per heavy atom. The number of aromatic nitrogens is 1. The number of nitrogens with zero attached hydrogens (tertiary/aromatic N) is 1. The molecule has 3 heteroatoms. The summed E-state index contributed by atoms with van der Waals surface area (Å²) in [6, 6.07) is 7.06. The average molecular weight is 272 g/mol. The second kappa shape index (κ2) is 4.97. The van der Waals surface area contributed by atoms with Crippen LogP contribution in [0.15, 0.2) is 18.2 Å². The summed E-state index contributed by atoms with van der Waals surface area (Å²) in [6.07, 6.45) is 3.78. The molecule has 1 aromatic heterocycles. The van der Waals surface area contributed by atoms with Crippen molar-refractivity contribution in [3.05, 3.63) is 44.9 Å². The molecule has 1 aliphatic carbocycles. The molecule has 0 fully saturated rings. The Balaban J connectivity index is 1.79. The second-order valence-electron chi connectivity index (χ2n) is 5.38. The molecule has 0 saturated heterocycles. The van der Waals surface area contributed by atoms with Crippen LogP contribution in [-0.2, 0) is 12.8 Å². The number of nitrogens with one attached hydrogen (secondary N) is 1. The Kier molecular flexibility index (Phi) is 3.31. The van der Waals surface area contributed by atoms with Crippen molar-refractivity contribution in [3.8, 4) is 0 Å². The van der Waals surface area contributed by atoms with Gasteiger partial charge < -0.3 is 5.32 Å². The van der Waals surface area contributed by atoms with Gasteiger partial charge in [-0.1, -0.05) is 6.07 Å². The minimum absolute atomic E-state index is 0.268. The van der Waals surface area contributed by atoms with E-state index >= 15 is 0 Å². The van der Waals surface area contributed by atoms with E-state index in [0.29, 0.717) is 0 Å². The molecule has 2 aromatic rings. The van der Waals surface area contributed by atoms with E-state index in [1.165, 1.54) is 46.6 Å². The van der Waals surface area contributed by atoms with Crippen molar-refractivity contribution in [1.29, 1.82) is 0 Å². The molecular weight excluding hydrogens is 252 g/mol. The van der Waals surface area contributed by atoms with Crippen molar-refractivity contribution < 1.29 is 0 Å². The average Bonchev–Trinajstić information content (AvgIpc) is 2.94. The Morgan fingerprint density at radius 2 is 2.00 bits per heavy atom. The van der Waals surface area contributed by atoms with Crippen LogP contribution in [-0.4, -0.2) is 4.98 Å². The summed E-state index contributed by atoms with van der Waals surface area (Å²) < 4.78 is 0. The van der Waals surface area contributed by atoms with Gasteiger partial charge in [0, 0.05) is 10.6 Å². The Bertz CT molecular complexity index is 601. The highest BCUT2D eigenvalue weighted by atomic mass is 32.1. The largest absolute Gasteiger partial charge is 0.377 e. The van der Waals surface area contributed by atoms with Gasteiger partial charge in [0.1, 0.15) is 0 Å². The van der Waals surface area contributed by atoms with Gasteiger partial charge in [-0.15, -0.1) is 11.3 Å². The van der Waals surface area contributed by atoms with Crippen molar-refractivity contribution in [2.75, 3.05) is 5.32 Å². The van der Waals surface area contributed by atoms with Gasteiger partial charge in [-0.3, -0.25) is 0 Å². The van der Waals surface area contributed by atoms with Crippen LogP contribution < -0.4 is 5.32 Å². The van der Waals surface area contributed by atoms with E-state index in [0.717, 1.165) is 5.01 Å². The molecule has 2 nitrogen and oxygen atoms in total. The predicted molar refractivity (Wildman–Crippen MR) is 82.1 cm³/mol. The Morgan fingerprint density at radius 3 is 2.74 bits per heavy atom. The van der Waals surface area contributed by atoms with Crippen LogP contribution in [0.25, 0.3) is 0 Å². The molecule has 1 heterocycles. The SMILES string of the molecule is Cc1nc(C(C)Nc2ccc3c(c2)CCC3)c(C)s1. The van der Waals surface area contributed by atoms with E-state index in [1.807, 2.05) is 0 Å². The molecule has 0 amide bonds. The van der Waals surface area contributed by atoms with Crippen LogP contribution in [0.5, 0.6) is 0 Å². The van der Waals surface area contributed by atoms with Crippen LogP contribution >= 0.6 is 11.3 Å². The second-order valence-corrected chi connectivity index (χ2v) is 6.78. The zero-order valence-corrected chi connectivity index (χ0v) is 12.6. The molecule has 0 aliphatic heterocycles. The summed E-state index contributed by atoms with van der Waals surface area (Å²) in [4.78, 5) is 5.95. The van der Waals surface area contributed by atoms with E-state index in [2.05, 4.69) is 49.3 Å². The number of rotatable bonds is 3. The quantitative estimate of drug-likeness (QED) is 0.894. The lowest BCUT2D eigenvalue weighted by molar-refractivity contribution is 0.836. The monoisotopic (exact) mass is 272 g/mol. The molecule has 19 heavy (non-hydrogen) atoms. The van der Waals surface area contributed by atoms with E-state index in [-0.39, 0.29) is 6.04 Å². The Hall–Kier alpha value is -1.35. The summed E-state index contributed by atoms with van der Waals surface area (Å²) in [5.74, 6) is 0. The first-order valence-electron chi connectivity index (χ1n) is 6.96. The van der Waals surface area contributed by atoms with Gasteiger partial charge in [-0.25, -0.2) is 4.98 Å². The zero-order chi connectivity index (χ0) is 13.4. The van der Waals surface area contributed by atoms with E-state index in [1.54, 1.807) is 11.3 Å². The third-order valence-corrected chi connectivity index (χ3v) is 4.73. The predicted octanol–water partition coefficient (Wildman–Crippen LogP) is 4.42. The summed E-state index contributed by atoms with van der Waals surface area (Å²) in [5.41, 5.74) is 5.45. The van der Waals surface area contributed by atoms with Crippen molar-refractivity contribution in [2.24, 2.45) is 0 Å². The van der Waals surface area contributed by atoms with Crippen LogP contribution in [0.1, 0.15) is 46.1 Å². The van der Waals surface area contributed by atoms with Crippen LogP contribution in [0.4, 0.5) is 5.69 Å². The maximum absolute atomic E-state index is 4.63. The first-order chi connectivity index (χ1) is 9.13. The fourth-order valence-electron chi connectivity index (χ4n) is 2.93. The molecule has 1 N–H and O–H groups in total. The molecule has 3 rings (SSSR count). The van der Waals surface area contributed by atoms with Gasteiger partial charge in [0.25, 0.3) is 0 Å². The van der Waals surface area contributed by atoms with Crippen molar-refractivity contribution in [1.82, 2.24) is 4.98 Å². The standard InChI is InChI=1S/C16H20N2S/c1-10(16-11(2)19-12(3)18-16)17-15-8-7-13-5-4-6-14(13)9-15/h7-10,17H,4-6H2,1-3H3.